The van der Waals surface area contributed by atoms with Crippen LogP contribution < -0.4 is 5.32 Å². The number of carbonyl (C=O) groups excluding carboxylic acids is 1. The van der Waals surface area contributed by atoms with Gasteiger partial charge in [-0.25, -0.2) is 0 Å². The van der Waals surface area contributed by atoms with Crippen molar-refractivity contribution < 1.29 is 4.79 Å². The molecular weight excluding hydrogens is 316 g/mol. The normalized spacial score (nSPS) is 11.1. The maximum atomic E-state index is 12.4. The molecule has 130 valence electrons. The summed E-state index contributed by atoms with van der Waals surface area (Å²) in [5, 5.41) is 14.0. The molecule has 7 heteroatoms. The number of benzene rings is 1. The molecule has 3 rings (SSSR count). The molecule has 0 bridgehead atoms. The third-order valence-electron chi connectivity index (χ3n) is 3.90. The first-order valence-electron chi connectivity index (χ1n) is 8.26. The first-order chi connectivity index (χ1) is 11.9. The number of aryl methyl sites for hydroxylation is 2. The Kier molecular flexibility index (Phi) is 4.65. The summed E-state index contributed by atoms with van der Waals surface area (Å²) in [6, 6.07) is 9.52. The van der Waals surface area contributed by atoms with Crippen molar-refractivity contribution in [3.63, 3.8) is 0 Å². The van der Waals surface area contributed by atoms with E-state index >= 15 is 0 Å². The second-order valence-electron chi connectivity index (χ2n) is 6.44. The van der Waals surface area contributed by atoms with Crippen LogP contribution in [0.5, 0.6) is 0 Å². The summed E-state index contributed by atoms with van der Waals surface area (Å²) in [6.45, 7) is 8.63. The topological polar surface area (TPSA) is 88.5 Å². The van der Waals surface area contributed by atoms with Gasteiger partial charge in [0.1, 0.15) is 5.82 Å². The lowest BCUT2D eigenvalue weighted by Gasteiger charge is -2.07. The quantitative estimate of drug-likeness (QED) is 0.748. The minimum Gasteiger partial charge on any atom is -0.289 e. The summed E-state index contributed by atoms with van der Waals surface area (Å²) < 4.78 is 1.93. The van der Waals surface area contributed by atoms with E-state index in [0.717, 1.165) is 22.8 Å². The zero-order valence-corrected chi connectivity index (χ0v) is 14.9. The van der Waals surface area contributed by atoms with E-state index in [9.17, 15) is 4.79 Å². The highest BCUT2D eigenvalue weighted by molar-refractivity contribution is 6.03. The Bertz CT molecular complexity index is 893. The van der Waals surface area contributed by atoms with E-state index in [-0.39, 0.29) is 17.8 Å². The maximum absolute atomic E-state index is 12.4. The number of H-pyrrole nitrogens is 1. The minimum absolute atomic E-state index is 0.224. The maximum Gasteiger partial charge on any atom is 0.258 e. The number of carbonyl (C=O) groups is 1. The van der Waals surface area contributed by atoms with Crippen LogP contribution in [0.25, 0.3) is 0 Å². The van der Waals surface area contributed by atoms with Crippen molar-refractivity contribution in [3.05, 3.63) is 58.7 Å². The van der Waals surface area contributed by atoms with Gasteiger partial charge in [0.2, 0.25) is 5.95 Å². The molecule has 0 radical (unpaired) electrons. The van der Waals surface area contributed by atoms with Gasteiger partial charge in [-0.05, 0) is 37.6 Å². The van der Waals surface area contributed by atoms with Crippen molar-refractivity contribution in [3.8, 4) is 0 Å². The predicted molar refractivity (Wildman–Crippen MR) is 95.7 cm³/mol. The number of rotatable bonds is 5. The Morgan fingerprint density at radius 1 is 1.28 bits per heavy atom. The molecule has 1 amide bonds. The van der Waals surface area contributed by atoms with E-state index in [1.54, 1.807) is 6.07 Å². The molecule has 2 heterocycles. The highest BCUT2D eigenvalue weighted by Gasteiger charge is 2.12. The van der Waals surface area contributed by atoms with Gasteiger partial charge in [0.15, 0.2) is 0 Å². The second-order valence-corrected chi connectivity index (χ2v) is 6.44. The van der Waals surface area contributed by atoms with Crippen LogP contribution in [-0.4, -0.2) is 30.9 Å². The first-order valence-corrected chi connectivity index (χ1v) is 8.26. The molecule has 2 aromatic heterocycles. The third-order valence-corrected chi connectivity index (χ3v) is 3.90. The van der Waals surface area contributed by atoms with Crippen molar-refractivity contribution >= 4 is 11.9 Å². The van der Waals surface area contributed by atoms with Gasteiger partial charge in [0.05, 0.1) is 12.2 Å². The van der Waals surface area contributed by atoms with Crippen molar-refractivity contribution in [2.45, 2.75) is 40.2 Å². The van der Waals surface area contributed by atoms with Crippen LogP contribution in [0.3, 0.4) is 0 Å². The molecule has 0 aliphatic heterocycles. The van der Waals surface area contributed by atoms with Gasteiger partial charge in [-0.1, -0.05) is 26.0 Å². The third kappa shape index (κ3) is 3.93. The van der Waals surface area contributed by atoms with Gasteiger partial charge in [0.25, 0.3) is 5.91 Å². The summed E-state index contributed by atoms with van der Waals surface area (Å²) in [6.07, 6.45) is 0. The largest absolute Gasteiger partial charge is 0.289 e. The smallest absolute Gasteiger partial charge is 0.258 e. The second kappa shape index (κ2) is 6.88. The Morgan fingerprint density at radius 2 is 2.08 bits per heavy atom. The van der Waals surface area contributed by atoms with E-state index in [1.165, 1.54) is 0 Å². The number of amides is 1. The molecule has 0 saturated carbocycles. The fourth-order valence-electron chi connectivity index (χ4n) is 2.58. The number of aromatic amines is 1. The molecule has 1 aromatic carbocycles. The molecule has 0 aliphatic carbocycles. The van der Waals surface area contributed by atoms with Gasteiger partial charge in [-0.3, -0.25) is 19.9 Å². The molecule has 25 heavy (non-hydrogen) atoms. The highest BCUT2D eigenvalue weighted by Crippen LogP contribution is 2.13. The number of nitrogens with one attached hydrogen (secondary N) is 2. The van der Waals surface area contributed by atoms with E-state index in [2.05, 4.69) is 25.6 Å². The summed E-state index contributed by atoms with van der Waals surface area (Å²) in [4.78, 5) is 16.7. The monoisotopic (exact) mass is 338 g/mol. The van der Waals surface area contributed by atoms with Crippen LogP contribution in [-0.2, 0) is 6.54 Å². The molecule has 0 atom stereocenters. The Balaban J connectivity index is 1.73. The number of anilines is 1. The molecule has 0 aliphatic rings. The molecule has 0 saturated heterocycles. The fraction of sp³-hybridized carbons (Fsp3) is 0.333. The first kappa shape index (κ1) is 16.9. The van der Waals surface area contributed by atoms with Crippen LogP contribution in [0.15, 0.2) is 30.3 Å². The van der Waals surface area contributed by atoms with Crippen LogP contribution in [0.4, 0.5) is 5.95 Å². The molecule has 0 spiro atoms. The number of hydrogen-bond acceptors (Lipinski definition) is 4. The zero-order chi connectivity index (χ0) is 18.0. The van der Waals surface area contributed by atoms with Crippen molar-refractivity contribution in [2.75, 3.05) is 5.32 Å². The molecule has 0 fully saturated rings. The van der Waals surface area contributed by atoms with Gasteiger partial charge >= 0.3 is 0 Å². The SMILES string of the molecule is Cc1cc(C)n(Cc2cccc(C(=O)Nc3n[nH]c(C(C)C)n3)c2)n1. The summed E-state index contributed by atoms with van der Waals surface area (Å²) in [5.41, 5.74) is 3.65. The van der Waals surface area contributed by atoms with Crippen LogP contribution in [0.1, 0.15) is 52.9 Å². The molecule has 2 N–H and O–H groups in total. The average Bonchev–Trinajstić information content (AvgIpc) is 3.14. The van der Waals surface area contributed by atoms with E-state index in [1.807, 2.05) is 56.6 Å². The zero-order valence-electron chi connectivity index (χ0n) is 14.9. The Hall–Kier alpha value is -2.96. The van der Waals surface area contributed by atoms with E-state index < -0.39 is 0 Å². The summed E-state index contributed by atoms with van der Waals surface area (Å²) in [7, 11) is 0. The minimum atomic E-state index is -0.232. The van der Waals surface area contributed by atoms with Gasteiger partial charge < -0.3 is 0 Å². The average molecular weight is 338 g/mol. The Labute approximate surface area is 146 Å². The van der Waals surface area contributed by atoms with Crippen LogP contribution in [0.2, 0.25) is 0 Å². The highest BCUT2D eigenvalue weighted by atomic mass is 16.1. The molecular formula is C18H22N6O. The van der Waals surface area contributed by atoms with Gasteiger partial charge in [-0.2, -0.15) is 10.1 Å². The molecule has 0 unspecified atom stereocenters. The van der Waals surface area contributed by atoms with Gasteiger partial charge in [0, 0.05) is 17.2 Å². The number of hydrogen-bond donors (Lipinski definition) is 2. The number of aromatic nitrogens is 5. The summed E-state index contributed by atoms with van der Waals surface area (Å²) >= 11 is 0. The predicted octanol–water partition coefficient (Wildman–Crippen LogP) is 3.04. The van der Waals surface area contributed by atoms with Crippen LogP contribution in [0, 0.1) is 13.8 Å². The van der Waals surface area contributed by atoms with Crippen molar-refractivity contribution in [1.29, 1.82) is 0 Å². The van der Waals surface area contributed by atoms with E-state index in [0.29, 0.717) is 12.1 Å². The van der Waals surface area contributed by atoms with Crippen LogP contribution >= 0.6 is 0 Å². The Morgan fingerprint density at radius 3 is 2.72 bits per heavy atom. The van der Waals surface area contributed by atoms with Crippen molar-refractivity contribution in [1.82, 2.24) is 25.0 Å². The lowest BCUT2D eigenvalue weighted by molar-refractivity contribution is 0.102. The number of nitrogens with zero attached hydrogens (tertiary/aromatic N) is 4. The lowest BCUT2D eigenvalue weighted by atomic mass is 10.1. The van der Waals surface area contributed by atoms with Gasteiger partial charge in [-0.15, -0.1) is 5.10 Å². The standard InChI is InChI=1S/C18H22N6O/c1-11(2)16-19-18(22-21-16)20-17(25)15-7-5-6-14(9-15)10-24-13(4)8-12(3)23-24/h5-9,11H,10H2,1-4H3,(H2,19,20,21,22,25). The van der Waals surface area contributed by atoms with Crippen molar-refractivity contribution in [2.24, 2.45) is 0 Å². The van der Waals surface area contributed by atoms with E-state index in [4.69, 9.17) is 0 Å². The summed E-state index contributed by atoms with van der Waals surface area (Å²) in [5.74, 6) is 1.03. The molecule has 3 aromatic rings. The molecule has 7 nitrogen and oxygen atoms in total. The fourth-order valence-corrected chi connectivity index (χ4v) is 2.58. The lowest BCUT2D eigenvalue weighted by Crippen LogP contribution is -2.14.